The minimum Gasteiger partial charge on any atom is -0.493 e. The summed E-state index contributed by atoms with van der Waals surface area (Å²) in [5.41, 5.74) is 5.60. The van der Waals surface area contributed by atoms with E-state index >= 15 is 0 Å². The lowest BCUT2D eigenvalue weighted by Crippen LogP contribution is -2.25. The largest absolute Gasteiger partial charge is 0.493 e. The number of hydrogen-bond donors (Lipinski definition) is 1. The van der Waals surface area contributed by atoms with E-state index < -0.39 is 0 Å². The molecule has 1 aromatic heterocycles. The zero-order valence-corrected chi connectivity index (χ0v) is 21.3. The number of rotatable bonds is 8. The number of halogens is 1. The van der Waals surface area contributed by atoms with Crippen molar-refractivity contribution >= 4 is 45.5 Å². The third-order valence-corrected chi connectivity index (χ3v) is 6.33. The van der Waals surface area contributed by atoms with Crippen molar-refractivity contribution in [2.24, 2.45) is 5.10 Å². The Balaban J connectivity index is 1.29. The first kappa shape index (κ1) is 25.0. The molecule has 0 aliphatic carbocycles. The lowest BCUT2D eigenvalue weighted by Gasteiger charge is -2.14. The van der Waals surface area contributed by atoms with Gasteiger partial charge in [0.05, 0.1) is 24.4 Å². The number of hydrazone groups is 1. The standard InChI is InChI=1S/C30H24ClN3O4/c1-37-28-16-21(12-15-27(28)38-19-20-10-13-22(31)14-11-20)17-32-33-29(35)18-34-25-8-4-2-6-23(25)30(36)24-7-3-5-9-26(24)34/h2-17H,18-19H2,1H3,(H,33,35)/b32-17+. The summed E-state index contributed by atoms with van der Waals surface area (Å²) in [4.78, 5) is 25.7. The number of ether oxygens (including phenoxy) is 2. The fourth-order valence-electron chi connectivity index (χ4n) is 4.23. The average molecular weight is 526 g/mol. The summed E-state index contributed by atoms with van der Waals surface area (Å²) in [5, 5.41) is 5.91. The number of nitrogens with one attached hydrogen (secondary N) is 1. The normalized spacial score (nSPS) is 11.2. The van der Waals surface area contributed by atoms with Crippen LogP contribution in [0.4, 0.5) is 0 Å². The first-order chi connectivity index (χ1) is 18.5. The minimum atomic E-state index is -0.324. The number of methoxy groups -OCH3 is 1. The number of fused-ring (bicyclic) bond motifs is 2. The van der Waals surface area contributed by atoms with Gasteiger partial charge in [-0.15, -0.1) is 0 Å². The van der Waals surface area contributed by atoms with Gasteiger partial charge in [0.1, 0.15) is 13.2 Å². The first-order valence-electron chi connectivity index (χ1n) is 11.9. The number of hydrogen-bond acceptors (Lipinski definition) is 5. The van der Waals surface area contributed by atoms with Crippen molar-refractivity contribution in [3.63, 3.8) is 0 Å². The van der Waals surface area contributed by atoms with Gasteiger partial charge in [-0.3, -0.25) is 9.59 Å². The van der Waals surface area contributed by atoms with Gasteiger partial charge in [-0.2, -0.15) is 5.10 Å². The Morgan fingerprint density at radius 2 is 1.58 bits per heavy atom. The van der Waals surface area contributed by atoms with Crippen molar-refractivity contribution < 1.29 is 14.3 Å². The summed E-state index contributed by atoms with van der Waals surface area (Å²) < 4.78 is 13.2. The summed E-state index contributed by atoms with van der Waals surface area (Å²) in [6, 6.07) is 27.3. The van der Waals surface area contributed by atoms with Crippen LogP contribution in [0.25, 0.3) is 21.8 Å². The van der Waals surface area contributed by atoms with Crippen LogP contribution in [0.15, 0.2) is 101 Å². The van der Waals surface area contributed by atoms with E-state index in [1.54, 1.807) is 31.4 Å². The Morgan fingerprint density at radius 1 is 0.921 bits per heavy atom. The van der Waals surface area contributed by atoms with Crippen molar-refractivity contribution in [3.05, 3.63) is 117 Å². The van der Waals surface area contributed by atoms with Gasteiger partial charge in [0.15, 0.2) is 16.9 Å². The van der Waals surface area contributed by atoms with Crippen molar-refractivity contribution in [1.82, 2.24) is 9.99 Å². The van der Waals surface area contributed by atoms with E-state index in [0.29, 0.717) is 44.9 Å². The number of amides is 1. The van der Waals surface area contributed by atoms with Gasteiger partial charge >= 0.3 is 0 Å². The molecule has 0 atom stereocenters. The van der Waals surface area contributed by atoms with Crippen molar-refractivity contribution in [1.29, 1.82) is 0 Å². The molecule has 7 nitrogen and oxygen atoms in total. The molecule has 5 aromatic rings. The molecule has 8 heteroatoms. The maximum absolute atomic E-state index is 12.9. The molecule has 0 bridgehead atoms. The highest BCUT2D eigenvalue weighted by Gasteiger charge is 2.12. The Labute approximate surface area is 223 Å². The van der Waals surface area contributed by atoms with Crippen LogP contribution >= 0.6 is 11.6 Å². The summed E-state index contributed by atoms with van der Waals surface area (Å²) in [5.74, 6) is 0.802. The summed E-state index contributed by atoms with van der Waals surface area (Å²) in [6.07, 6.45) is 1.53. The van der Waals surface area contributed by atoms with E-state index in [2.05, 4.69) is 10.5 Å². The van der Waals surface area contributed by atoms with Crippen LogP contribution in [0.2, 0.25) is 5.02 Å². The molecule has 1 amide bonds. The van der Waals surface area contributed by atoms with E-state index in [1.165, 1.54) is 6.21 Å². The van der Waals surface area contributed by atoms with Crippen molar-refractivity contribution in [2.45, 2.75) is 13.2 Å². The maximum atomic E-state index is 12.9. The molecular formula is C30H24ClN3O4. The van der Waals surface area contributed by atoms with Gasteiger partial charge in [-0.1, -0.05) is 48.0 Å². The molecule has 38 heavy (non-hydrogen) atoms. The van der Waals surface area contributed by atoms with Gasteiger partial charge in [0.2, 0.25) is 0 Å². The molecule has 0 saturated heterocycles. The minimum absolute atomic E-state index is 0.000552. The fraction of sp³-hybridized carbons (Fsp3) is 0.100. The summed E-state index contributed by atoms with van der Waals surface area (Å²) >= 11 is 5.94. The van der Waals surface area contributed by atoms with E-state index in [4.69, 9.17) is 21.1 Å². The fourth-order valence-corrected chi connectivity index (χ4v) is 4.36. The molecule has 0 unspecified atom stereocenters. The van der Waals surface area contributed by atoms with E-state index in [9.17, 15) is 9.59 Å². The quantitative estimate of drug-likeness (QED) is 0.164. The van der Waals surface area contributed by atoms with Crippen LogP contribution in [0.1, 0.15) is 11.1 Å². The third kappa shape index (κ3) is 5.38. The zero-order valence-electron chi connectivity index (χ0n) is 20.6. The molecule has 0 fully saturated rings. The molecule has 4 aromatic carbocycles. The van der Waals surface area contributed by atoms with Gasteiger partial charge in [0.25, 0.3) is 5.91 Å². The predicted molar refractivity (Wildman–Crippen MR) is 150 cm³/mol. The molecule has 0 aliphatic heterocycles. The van der Waals surface area contributed by atoms with Crippen LogP contribution in [-0.2, 0) is 17.9 Å². The molecule has 0 saturated carbocycles. The number of benzene rings is 4. The van der Waals surface area contributed by atoms with Crippen LogP contribution in [-0.4, -0.2) is 23.8 Å². The Kier molecular flexibility index (Phi) is 7.38. The molecule has 190 valence electrons. The van der Waals surface area contributed by atoms with Gasteiger partial charge in [-0.05, 0) is 65.7 Å². The maximum Gasteiger partial charge on any atom is 0.260 e. The Hall–Kier alpha value is -4.62. The lowest BCUT2D eigenvalue weighted by molar-refractivity contribution is -0.121. The van der Waals surface area contributed by atoms with Gasteiger partial charge < -0.3 is 14.0 Å². The van der Waals surface area contributed by atoms with Crippen LogP contribution < -0.4 is 20.3 Å². The number of carbonyl (C=O) groups is 1. The first-order valence-corrected chi connectivity index (χ1v) is 12.3. The number of nitrogens with zero attached hydrogens (tertiary/aromatic N) is 2. The van der Waals surface area contributed by atoms with E-state index in [0.717, 1.165) is 11.1 Å². The molecular weight excluding hydrogens is 502 g/mol. The highest BCUT2D eigenvalue weighted by Crippen LogP contribution is 2.28. The second-order valence-corrected chi connectivity index (χ2v) is 9.00. The molecule has 0 radical (unpaired) electrons. The van der Waals surface area contributed by atoms with E-state index in [-0.39, 0.29) is 17.9 Å². The summed E-state index contributed by atoms with van der Waals surface area (Å²) in [6.45, 7) is 0.366. The smallest absolute Gasteiger partial charge is 0.260 e. The van der Waals surface area contributed by atoms with Gasteiger partial charge in [0, 0.05) is 15.8 Å². The second kappa shape index (κ2) is 11.2. The SMILES string of the molecule is COc1cc(/C=N/NC(=O)Cn2c3ccccc3c(=O)c3ccccc32)ccc1OCc1ccc(Cl)cc1. The Morgan fingerprint density at radius 3 is 2.24 bits per heavy atom. The highest BCUT2D eigenvalue weighted by molar-refractivity contribution is 6.30. The monoisotopic (exact) mass is 525 g/mol. The lowest BCUT2D eigenvalue weighted by atomic mass is 10.1. The highest BCUT2D eigenvalue weighted by atomic mass is 35.5. The molecule has 0 aliphatic rings. The molecule has 1 N–H and O–H groups in total. The van der Waals surface area contributed by atoms with E-state index in [1.807, 2.05) is 71.3 Å². The summed E-state index contributed by atoms with van der Waals surface area (Å²) in [7, 11) is 1.56. The second-order valence-electron chi connectivity index (χ2n) is 8.57. The van der Waals surface area contributed by atoms with Crippen molar-refractivity contribution in [2.75, 3.05) is 7.11 Å². The number of aromatic nitrogens is 1. The van der Waals surface area contributed by atoms with Crippen LogP contribution in [0.5, 0.6) is 11.5 Å². The van der Waals surface area contributed by atoms with Crippen LogP contribution in [0.3, 0.4) is 0 Å². The predicted octanol–water partition coefficient (Wildman–Crippen LogP) is 5.55. The van der Waals surface area contributed by atoms with Crippen LogP contribution in [0, 0.1) is 0 Å². The third-order valence-electron chi connectivity index (χ3n) is 6.08. The molecule has 5 rings (SSSR count). The molecule has 0 spiro atoms. The topological polar surface area (TPSA) is 81.9 Å². The Bertz CT molecular complexity index is 1650. The molecule has 1 heterocycles. The number of carbonyl (C=O) groups excluding carboxylic acids is 1. The zero-order chi connectivity index (χ0) is 26.5. The van der Waals surface area contributed by atoms with Crippen molar-refractivity contribution in [3.8, 4) is 11.5 Å². The average Bonchev–Trinajstić information content (AvgIpc) is 2.95. The number of para-hydroxylation sites is 2. The number of pyridine rings is 1. The van der Waals surface area contributed by atoms with Gasteiger partial charge in [-0.25, -0.2) is 5.43 Å².